The number of aromatic hydroxyl groups is 1. The fourth-order valence-corrected chi connectivity index (χ4v) is 4.38. The number of amides is 2. The molecule has 1 aliphatic rings. The lowest BCUT2D eigenvalue weighted by Crippen LogP contribution is -2.40. The summed E-state index contributed by atoms with van der Waals surface area (Å²) in [4.78, 5) is 10.1. The van der Waals surface area contributed by atoms with Crippen LogP contribution in [0.2, 0.25) is 5.02 Å². The Morgan fingerprint density at radius 1 is 1.41 bits per heavy atom. The summed E-state index contributed by atoms with van der Waals surface area (Å²) in [5.41, 5.74) is 4.65. The van der Waals surface area contributed by atoms with Crippen molar-refractivity contribution in [2.75, 3.05) is 18.5 Å². The summed E-state index contributed by atoms with van der Waals surface area (Å²) in [7, 11) is -4.60. The number of rotatable bonds is 3. The summed E-state index contributed by atoms with van der Waals surface area (Å²) in [6, 6.07) is 1.28. The van der Waals surface area contributed by atoms with Crippen LogP contribution in [0.1, 0.15) is 12.8 Å². The van der Waals surface area contributed by atoms with Gasteiger partial charge in [-0.05, 0) is 12.1 Å². The number of carbonyl (C=O) groups is 1. The lowest BCUT2D eigenvalue weighted by Gasteiger charge is -2.29. The smallest absolute Gasteiger partial charge is 0.316 e. The van der Waals surface area contributed by atoms with Crippen molar-refractivity contribution in [3.63, 3.8) is 0 Å². The fraction of sp³-hybridized carbons (Fsp3) is 0.417. The van der Waals surface area contributed by atoms with Crippen LogP contribution in [0.5, 0.6) is 5.75 Å². The second-order valence-electron chi connectivity index (χ2n) is 4.76. The molecule has 0 unspecified atom stereocenters. The van der Waals surface area contributed by atoms with E-state index >= 15 is 0 Å². The van der Waals surface area contributed by atoms with Crippen LogP contribution in [0.15, 0.2) is 17.0 Å². The Morgan fingerprint density at radius 3 is 2.55 bits per heavy atom. The number of sulfone groups is 1. The van der Waals surface area contributed by atoms with Gasteiger partial charge in [-0.1, -0.05) is 11.6 Å². The number of ether oxygens (including phenoxy) is 1. The van der Waals surface area contributed by atoms with Crippen molar-refractivity contribution in [2.24, 2.45) is 5.73 Å². The van der Waals surface area contributed by atoms with Crippen molar-refractivity contribution < 1.29 is 27.4 Å². The molecule has 1 aromatic rings. The number of alkyl halides is 1. The van der Waals surface area contributed by atoms with E-state index < -0.39 is 31.5 Å². The first-order chi connectivity index (χ1) is 10.2. The predicted octanol–water partition coefficient (Wildman–Crippen LogP) is 1.79. The number of nitrogens with two attached hydrogens (primary N) is 1. The Morgan fingerprint density at radius 2 is 2.00 bits per heavy atom. The van der Waals surface area contributed by atoms with Gasteiger partial charge >= 0.3 is 6.03 Å². The molecule has 1 fully saturated rings. The average molecular weight is 353 g/mol. The predicted molar refractivity (Wildman–Crippen MR) is 77.4 cm³/mol. The number of hydrogen-bond acceptors (Lipinski definition) is 5. The molecular formula is C12H14ClFN2O5S. The van der Waals surface area contributed by atoms with Crippen LogP contribution < -0.4 is 11.1 Å². The number of phenolic OH excluding ortho intramolecular Hbond substituents is 1. The van der Waals surface area contributed by atoms with Gasteiger partial charge in [-0.2, -0.15) is 0 Å². The topological polar surface area (TPSA) is 119 Å². The molecule has 0 spiro atoms. The van der Waals surface area contributed by atoms with E-state index in [1.165, 1.54) is 0 Å². The Hall–Kier alpha value is -1.58. The minimum absolute atomic E-state index is 0.0622. The summed E-state index contributed by atoms with van der Waals surface area (Å²) in [6.45, 7) is -0.124. The highest BCUT2D eigenvalue weighted by molar-refractivity contribution is 7.92. The molecule has 0 atom stereocenters. The minimum Gasteiger partial charge on any atom is -0.504 e. The monoisotopic (exact) mass is 352 g/mol. The quantitative estimate of drug-likeness (QED) is 0.716. The molecule has 0 aromatic heterocycles. The molecule has 1 aromatic carbocycles. The van der Waals surface area contributed by atoms with Gasteiger partial charge in [0.2, 0.25) is 14.8 Å². The van der Waals surface area contributed by atoms with E-state index in [-0.39, 0.29) is 36.8 Å². The third-order valence-electron chi connectivity index (χ3n) is 3.33. The third kappa shape index (κ3) is 2.83. The van der Waals surface area contributed by atoms with Crippen molar-refractivity contribution in [2.45, 2.75) is 22.7 Å². The molecule has 10 heteroatoms. The van der Waals surface area contributed by atoms with Gasteiger partial charge in [0.1, 0.15) is 4.90 Å². The number of anilines is 1. The number of halogens is 2. The first-order valence-electron chi connectivity index (χ1n) is 6.28. The average Bonchev–Trinajstić information content (AvgIpc) is 2.42. The maximum absolute atomic E-state index is 14.8. The summed E-state index contributed by atoms with van der Waals surface area (Å²) < 4.78 is 44.9. The molecule has 2 rings (SSSR count). The summed E-state index contributed by atoms with van der Waals surface area (Å²) >= 11 is 5.82. The second-order valence-corrected chi connectivity index (χ2v) is 7.31. The van der Waals surface area contributed by atoms with E-state index in [0.717, 1.165) is 12.1 Å². The zero-order chi connectivity index (χ0) is 16.5. The van der Waals surface area contributed by atoms with Gasteiger partial charge in [0.15, 0.2) is 5.75 Å². The lowest BCUT2D eigenvalue weighted by molar-refractivity contribution is 0.0323. The van der Waals surface area contributed by atoms with Crippen LogP contribution in [-0.2, 0) is 14.6 Å². The van der Waals surface area contributed by atoms with Gasteiger partial charge in [-0.3, -0.25) is 0 Å². The molecule has 0 bridgehead atoms. The molecule has 1 heterocycles. The van der Waals surface area contributed by atoms with Crippen molar-refractivity contribution in [1.82, 2.24) is 0 Å². The van der Waals surface area contributed by atoms with Crippen LogP contribution >= 0.6 is 11.6 Å². The standard InChI is InChI=1S/C12H14ClFN2O5S/c13-7-1-2-8(16-11(15)18)9(17)10(7)22(19,20)12(14)3-5-21-6-4-12/h1-2,17H,3-6H2,(H3,15,16,18). The van der Waals surface area contributed by atoms with E-state index in [4.69, 9.17) is 22.1 Å². The molecule has 22 heavy (non-hydrogen) atoms. The number of nitrogens with one attached hydrogen (secondary N) is 1. The summed E-state index contributed by atoms with van der Waals surface area (Å²) in [5, 5.41) is 9.16. The van der Waals surface area contributed by atoms with Crippen LogP contribution in [0, 0.1) is 0 Å². The SMILES string of the molecule is NC(=O)Nc1ccc(Cl)c(S(=O)(=O)C2(F)CCOCC2)c1O. The number of carbonyl (C=O) groups excluding carboxylic acids is 1. The largest absolute Gasteiger partial charge is 0.504 e. The van der Waals surface area contributed by atoms with Crippen LogP contribution in [0.25, 0.3) is 0 Å². The zero-order valence-corrected chi connectivity index (χ0v) is 12.9. The van der Waals surface area contributed by atoms with Crippen molar-refractivity contribution in [1.29, 1.82) is 0 Å². The summed E-state index contributed by atoms with van der Waals surface area (Å²) in [6.07, 6.45) is -0.753. The van der Waals surface area contributed by atoms with Crippen molar-refractivity contribution in [3.8, 4) is 5.75 Å². The molecular weight excluding hydrogens is 339 g/mol. The number of primary amides is 1. The van der Waals surface area contributed by atoms with Gasteiger partial charge in [0.05, 0.1) is 23.9 Å². The minimum atomic E-state index is -4.60. The van der Waals surface area contributed by atoms with Gasteiger partial charge in [-0.15, -0.1) is 0 Å². The van der Waals surface area contributed by atoms with Gasteiger partial charge in [0, 0.05) is 12.8 Å². The molecule has 0 saturated carbocycles. The Bertz CT molecular complexity index is 704. The second kappa shape index (κ2) is 5.90. The number of phenols is 1. The molecule has 1 saturated heterocycles. The lowest BCUT2D eigenvalue weighted by atomic mass is 10.2. The molecule has 122 valence electrons. The number of hydrogen-bond donors (Lipinski definition) is 3. The van der Waals surface area contributed by atoms with E-state index in [0.29, 0.717) is 0 Å². The number of benzene rings is 1. The van der Waals surface area contributed by atoms with Crippen molar-refractivity contribution >= 4 is 33.2 Å². The van der Waals surface area contributed by atoms with Crippen LogP contribution in [-0.4, -0.2) is 37.8 Å². The van der Waals surface area contributed by atoms with Crippen LogP contribution in [0.4, 0.5) is 14.9 Å². The molecule has 7 nitrogen and oxygen atoms in total. The maximum atomic E-state index is 14.8. The number of urea groups is 1. The Labute approximate surface area is 131 Å². The van der Waals surface area contributed by atoms with Crippen molar-refractivity contribution in [3.05, 3.63) is 17.2 Å². The van der Waals surface area contributed by atoms with Crippen LogP contribution in [0.3, 0.4) is 0 Å². The van der Waals surface area contributed by atoms with Gasteiger partial charge in [-0.25, -0.2) is 17.6 Å². The molecule has 1 aliphatic heterocycles. The van der Waals surface area contributed by atoms with E-state index in [1.54, 1.807) is 0 Å². The maximum Gasteiger partial charge on any atom is 0.316 e. The zero-order valence-electron chi connectivity index (χ0n) is 11.3. The first-order valence-corrected chi connectivity index (χ1v) is 8.14. The highest BCUT2D eigenvalue weighted by atomic mass is 35.5. The van der Waals surface area contributed by atoms with E-state index in [2.05, 4.69) is 0 Å². The molecule has 4 N–H and O–H groups in total. The molecule has 0 aliphatic carbocycles. The van der Waals surface area contributed by atoms with E-state index in [9.17, 15) is 22.7 Å². The third-order valence-corrected chi connectivity index (χ3v) is 6.08. The highest BCUT2D eigenvalue weighted by Crippen LogP contribution is 2.44. The highest BCUT2D eigenvalue weighted by Gasteiger charge is 2.48. The summed E-state index contributed by atoms with van der Waals surface area (Å²) in [5.74, 6) is -0.852. The fourth-order valence-electron chi connectivity index (χ4n) is 2.16. The molecule has 2 amide bonds. The first kappa shape index (κ1) is 16.8. The van der Waals surface area contributed by atoms with E-state index in [1.807, 2.05) is 5.32 Å². The molecule has 0 radical (unpaired) electrons. The van der Waals surface area contributed by atoms with Gasteiger partial charge < -0.3 is 20.9 Å². The van der Waals surface area contributed by atoms with Gasteiger partial charge in [0.25, 0.3) is 0 Å². The Balaban J connectivity index is 2.57. The normalized spacial score (nSPS) is 17.9. The Kier molecular flexibility index (Phi) is 4.50.